The third-order valence-corrected chi connectivity index (χ3v) is 4.89. The summed E-state index contributed by atoms with van der Waals surface area (Å²) in [6, 6.07) is 6.84. The van der Waals surface area contributed by atoms with Gasteiger partial charge in [0.2, 0.25) is 6.04 Å². The molecule has 0 radical (unpaired) electrons. The van der Waals surface area contributed by atoms with Crippen molar-refractivity contribution in [2.45, 2.75) is 38.6 Å². The molecule has 1 aromatic heterocycles. The van der Waals surface area contributed by atoms with Gasteiger partial charge in [-0.3, -0.25) is 4.79 Å². The zero-order valence-corrected chi connectivity index (χ0v) is 14.5. The standard InChI is InChI=1S/C18H18Cl2N2O/c1-12(18(23)21-17-10-15(19)6-7-16(17)20)22-9-8-13-4-2-3-5-14(13)11-22/h6-12H,2-5H2,1H3/p+1/t12-/m1/s1. The van der Waals surface area contributed by atoms with Gasteiger partial charge in [-0.15, -0.1) is 0 Å². The number of amides is 1. The number of aryl methyl sites for hydroxylation is 2. The van der Waals surface area contributed by atoms with Crippen LogP contribution in [0.5, 0.6) is 0 Å². The molecular weight excluding hydrogens is 331 g/mol. The summed E-state index contributed by atoms with van der Waals surface area (Å²) in [5.41, 5.74) is 3.28. The minimum absolute atomic E-state index is 0.116. The average molecular weight is 350 g/mol. The molecule has 1 heterocycles. The number of benzene rings is 1. The highest BCUT2D eigenvalue weighted by atomic mass is 35.5. The maximum absolute atomic E-state index is 12.5. The van der Waals surface area contributed by atoms with E-state index < -0.39 is 0 Å². The summed E-state index contributed by atoms with van der Waals surface area (Å²) < 4.78 is 1.96. The Balaban J connectivity index is 1.78. The molecule has 2 aromatic rings. The Bertz CT molecular complexity index is 746. The summed E-state index contributed by atoms with van der Waals surface area (Å²) in [4.78, 5) is 12.5. The van der Waals surface area contributed by atoms with Crippen LogP contribution in [-0.2, 0) is 17.6 Å². The fourth-order valence-corrected chi connectivity index (χ4v) is 3.23. The van der Waals surface area contributed by atoms with Crippen LogP contribution >= 0.6 is 23.2 Å². The van der Waals surface area contributed by atoms with Crippen LogP contribution in [0.25, 0.3) is 0 Å². The molecule has 0 saturated carbocycles. The van der Waals surface area contributed by atoms with Gasteiger partial charge in [0.1, 0.15) is 0 Å². The topological polar surface area (TPSA) is 33.0 Å². The van der Waals surface area contributed by atoms with Gasteiger partial charge in [-0.2, -0.15) is 4.57 Å². The number of hydrogen-bond donors (Lipinski definition) is 1. The second kappa shape index (κ2) is 6.90. The van der Waals surface area contributed by atoms with Gasteiger partial charge in [0, 0.05) is 23.6 Å². The van der Waals surface area contributed by atoms with Crippen LogP contribution in [-0.4, -0.2) is 5.91 Å². The number of hydrogen-bond acceptors (Lipinski definition) is 1. The monoisotopic (exact) mass is 349 g/mol. The third-order valence-electron chi connectivity index (χ3n) is 4.32. The zero-order chi connectivity index (χ0) is 16.4. The van der Waals surface area contributed by atoms with Crippen molar-refractivity contribution in [2.75, 3.05) is 5.32 Å². The molecule has 1 N–H and O–H groups in total. The van der Waals surface area contributed by atoms with E-state index in [0.717, 1.165) is 12.8 Å². The highest BCUT2D eigenvalue weighted by Crippen LogP contribution is 2.26. The van der Waals surface area contributed by atoms with Gasteiger partial charge < -0.3 is 5.32 Å². The van der Waals surface area contributed by atoms with Gasteiger partial charge in [0.05, 0.1) is 10.7 Å². The summed E-state index contributed by atoms with van der Waals surface area (Å²) in [5, 5.41) is 3.87. The van der Waals surface area contributed by atoms with Crippen LogP contribution in [0.1, 0.15) is 36.9 Å². The van der Waals surface area contributed by atoms with E-state index in [-0.39, 0.29) is 11.9 Å². The highest BCUT2D eigenvalue weighted by molar-refractivity contribution is 6.35. The van der Waals surface area contributed by atoms with Crippen molar-refractivity contribution in [1.82, 2.24) is 0 Å². The summed E-state index contributed by atoms with van der Waals surface area (Å²) in [6.07, 6.45) is 8.77. The molecule has 0 fully saturated rings. The van der Waals surface area contributed by atoms with Crippen LogP contribution in [0.4, 0.5) is 5.69 Å². The lowest BCUT2D eigenvalue weighted by Gasteiger charge is -2.15. The molecule has 1 amide bonds. The molecule has 3 nitrogen and oxygen atoms in total. The fourth-order valence-electron chi connectivity index (χ4n) is 2.90. The number of fused-ring (bicyclic) bond motifs is 1. The smallest absolute Gasteiger partial charge is 0.293 e. The van der Waals surface area contributed by atoms with E-state index in [1.54, 1.807) is 18.2 Å². The molecular formula is C18H19Cl2N2O+. The molecule has 1 aliphatic carbocycles. The molecule has 23 heavy (non-hydrogen) atoms. The Hall–Kier alpha value is -1.58. The van der Waals surface area contributed by atoms with Gasteiger partial charge in [-0.25, -0.2) is 0 Å². The van der Waals surface area contributed by atoms with Crippen molar-refractivity contribution in [3.8, 4) is 0 Å². The van der Waals surface area contributed by atoms with Crippen LogP contribution in [0.2, 0.25) is 10.0 Å². The van der Waals surface area contributed by atoms with Crippen molar-refractivity contribution in [3.63, 3.8) is 0 Å². The van der Waals surface area contributed by atoms with Gasteiger partial charge in [0.25, 0.3) is 5.91 Å². The molecule has 3 rings (SSSR count). The maximum atomic E-state index is 12.5. The summed E-state index contributed by atoms with van der Waals surface area (Å²) in [7, 11) is 0. The van der Waals surface area contributed by atoms with Crippen molar-refractivity contribution < 1.29 is 9.36 Å². The predicted octanol–water partition coefficient (Wildman–Crippen LogP) is 4.36. The van der Waals surface area contributed by atoms with Crippen LogP contribution in [0.15, 0.2) is 36.7 Å². The van der Waals surface area contributed by atoms with E-state index in [1.807, 2.05) is 17.7 Å². The van der Waals surface area contributed by atoms with Crippen molar-refractivity contribution in [1.29, 1.82) is 0 Å². The summed E-state index contributed by atoms with van der Waals surface area (Å²) in [6.45, 7) is 1.88. The zero-order valence-electron chi connectivity index (χ0n) is 13.0. The molecule has 1 aliphatic rings. The van der Waals surface area contributed by atoms with Crippen LogP contribution < -0.4 is 9.88 Å². The number of carbonyl (C=O) groups excluding carboxylic acids is 1. The Labute approximate surface area is 146 Å². The van der Waals surface area contributed by atoms with Gasteiger partial charge in [-0.1, -0.05) is 23.2 Å². The lowest BCUT2D eigenvalue weighted by Crippen LogP contribution is -2.44. The molecule has 0 aliphatic heterocycles. The number of anilines is 1. The van der Waals surface area contributed by atoms with E-state index in [0.29, 0.717) is 15.7 Å². The molecule has 0 bridgehead atoms. The van der Waals surface area contributed by atoms with Crippen LogP contribution in [0.3, 0.4) is 0 Å². The minimum Gasteiger partial charge on any atom is -0.319 e. The maximum Gasteiger partial charge on any atom is 0.293 e. The Morgan fingerprint density at radius 3 is 2.70 bits per heavy atom. The largest absolute Gasteiger partial charge is 0.319 e. The third kappa shape index (κ3) is 3.67. The van der Waals surface area contributed by atoms with Crippen LogP contribution in [0, 0.1) is 0 Å². The second-order valence-electron chi connectivity index (χ2n) is 5.94. The predicted molar refractivity (Wildman–Crippen MR) is 93.1 cm³/mol. The molecule has 0 spiro atoms. The Morgan fingerprint density at radius 1 is 1.17 bits per heavy atom. The van der Waals surface area contributed by atoms with E-state index in [4.69, 9.17) is 23.2 Å². The minimum atomic E-state index is -0.322. The lowest BCUT2D eigenvalue weighted by atomic mass is 9.93. The number of pyridine rings is 1. The highest BCUT2D eigenvalue weighted by Gasteiger charge is 2.24. The number of halogens is 2. The first-order chi connectivity index (χ1) is 11.0. The number of carbonyl (C=O) groups is 1. The number of nitrogens with one attached hydrogen (secondary N) is 1. The van der Waals surface area contributed by atoms with Crippen molar-refractivity contribution >= 4 is 34.8 Å². The molecule has 120 valence electrons. The fraction of sp³-hybridized carbons (Fsp3) is 0.333. The normalized spacial score (nSPS) is 14.9. The summed E-state index contributed by atoms with van der Waals surface area (Å²) >= 11 is 12.1. The number of rotatable bonds is 3. The first kappa shape index (κ1) is 16.3. The Kier molecular flexibility index (Phi) is 4.88. The molecule has 0 unspecified atom stereocenters. The van der Waals surface area contributed by atoms with E-state index in [9.17, 15) is 4.79 Å². The van der Waals surface area contributed by atoms with E-state index in [1.165, 1.54) is 24.0 Å². The summed E-state index contributed by atoms with van der Waals surface area (Å²) in [5.74, 6) is -0.116. The first-order valence-electron chi connectivity index (χ1n) is 7.83. The van der Waals surface area contributed by atoms with E-state index >= 15 is 0 Å². The van der Waals surface area contributed by atoms with Crippen molar-refractivity contribution in [3.05, 3.63) is 57.8 Å². The lowest BCUT2D eigenvalue weighted by molar-refractivity contribution is -0.706. The van der Waals surface area contributed by atoms with Gasteiger partial charge in [-0.05, 0) is 49.4 Å². The number of aromatic nitrogens is 1. The van der Waals surface area contributed by atoms with Gasteiger partial charge >= 0.3 is 0 Å². The average Bonchev–Trinajstić information content (AvgIpc) is 2.57. The van der Waals surface area contributed by atoms with Crippen molar-refractivity contribution in [2.24, 2.45) is 0 Å². The quantitative estimate of drug-likeness (QED) is 0.820. The number of nitrogens with zero attached hydrogens (tertiary/aromatic N) is 1. The van der Waals surface area contributed by atoms with E-state index in [2.05, 4.69) is 17.6 Å². The SMILES string of the molecule is C[C@H](C(=O)Nc1cc(Cl)ccc1Cl)[n+]1ccc2c(c1)CCCC2. The molecule has 0 saturated heterocycles. The first-order valence-corrected chi connectivity index (χ1v) is 8.58. The second-order valence-corrected chi connectivity index (χ2v) is 6.78. The van der Waals surface area contributed by atoms with Gasteiger partial charge in [0.15, 0.2) is 12.4 Å². The molecule has 5 heteroatoms. The molecule has 1 aromatic carbocycles. The molecule has 1 atom stereocenters. The Morgan fingerprint density at radius 2 is 1.91 bits per heavy atom.